The van der Waals surface area contributed by atoms with Crippen molar-refractivity contribution in [1.82, 2.24) is 20.6 Å². The average Bonchev–Trinajstić information content (AvgIpc) is 2.65. The number of fused-ring (bicyclic) bond motifs is 1. The molecule has 4 N–H and O–H groups in total. The van der Waals surface area contributed by atoms with Gasteiger partial charge >= 0.3 is 6.09 Å². The first-order chi connectivity index (χ1) is 13.7. The molecule has 0 spiro atoms. The fourth-order valence-electron chi connectivity index (χ4n) is 2.66. The van der Waals surface area contributed by atoms with Gasteiger partial charge in [-0.25, -0.2) is 14.8 Å². The molecule has 0 fully saturated rings. The number of rotatable bonds is 6. The molecule has 0 radical (unpaired) electrons. The van der Waals surface area contributed by atoms with Crippen LogP contribution in [0.4, 0.5) is 10.6 Å². The van der Waals surface area contributed by atoms with Crippen LogP contribution in [0.1, 0.15) is 45.6 Å². The minimum atomic E-state index is -0.525. The lowest BCUT2D eigenvalue weighted by atomic mass is 10.1. The van der Waals surface area contributed by atoms with Gasteiger partial charge in [0.1, 0.15) is 23.5 Å². The molecule has 0 aliphatic heterocycles. The lowest BCUT2D eigenvalue weighted by Gasteiger charge is -2.23. The molecule has 8 heteroatoms. The number of carbonyl (C=O) groups excluding carboxylic acids is 1. The second-order valence-corrected chi connectivity index (χ2v) is 7.51. The molecule has 0 bridgehead atoms. The molecular formula is C21H29N5O3. The van der Waals surface area contributed by atoms with Gasteiger partial charge in [0.05, 0.1) is 24.4 Å². The summed E-state index contributed by atoms with van der Waals surface area (Å²) >= 11 is 0. The Balaban J connectivity index is 1.95. The summed E-state index contributed by atoms with van der Waals surface area (Å²) in [5.41, 5.74) is 6.83. The molecule has 1 heterocycles. The average molecular weight is 399 g/mol. The van der Waals surface area contributed by atoms with Gasteiger partial charge in [0, 0.05) is 11.8 Å². The van der Waals surface area contributed by atoms with Crippen molar-refractivity contribution in [1.29, 1.82) is 0 Å². The first kappa shape index (κ1) is 22.2. The molecule has 1 aromatic heterocycles. The first-order valence-corrected chi connectivity index (χ1v) is 9.47. The summed E-state index contributed by atoms with van der Waals surface area (Å²) in [6.07, 6.45) is 3.01. The fraction of sp³-hybridized carbons (Fsp3) is 0.476. The molecule has 1 unspecified atom stereocenters. The Morgan fingerprint density at radius 2 is 2.07 bits per heavy atom. The maximum atomic E-state index is 11.9. The molecule has 8 nitrogen and oxygen atoms in total. The highest BCUT2D eigenvalue weighted by Crippen LogP contribution is 2.26. The molecule has 1 amide bonds. The predicted octanol–water partition coefficient (Wildman–Crippen LogP) is 2.81. The maximum Gasteiger partial charge on any atom is 0.408 e. The van der Waals surface area contributed by atoms with E-state index >= 15 is 0 Å². The van der Waals surface area contributed by atoms with E-state index in [0.29, 0.717) is 18.0 Å². The third kappa shape index (κ3) is 6.80. The Morgan fingerprint density at radius 3 is 2.72 bits per heavy atom. The number of hydrogen-bond donors (Lipinski definition) is 3. The van der Waals surface area contributed by atoms with Crippen LogP contribution in [0, 0.1) is 11.8 Å². The van der Waals surface area contributed by atoms with Gasteiger partial charge in [0.2, 0.25) is 0 Å². The molecule has 156 valence electrons. The number of carbonyl (C=O) groups is 1. The van der Waals surface area contributed by atoms with E-state index < -0.39 is 11.7 Å². The van der Waals surface area contributed by atoms with Crippen molar-refractivity contribution in [2.75, 3.05) is 19.9 Å². The molecule has 1 atom stereocenters. The summed E-state index contributed by atoms with van der Waals surface area (Å²) in [7, 11) is 3.38. The zero-order valence-corrected chi connectivity index (χ0v) is 17.6. The molecule has 1 aromatic carbocycles. The third-order valence-corrected chi connectivity index (χ3v) is 4.04. The van der Waals surface area contributed by atoms with E-state index in [1.54, 1.807) is 20.2 Å². The Hall–Kier alpha value is -3.05. The van der Waals surface area contributed by atoms with Gasteiger partial charge in [-0.2, -0.15) is 0 Å². The van der Waals surface area contributed by atoms with Crippen molar-refractivity contribution in [3.05, 3.63) is 24.0 Å². The Kier molecular flexibility index (Phi) is 7.62. The van der Waals surface area contributed by atoms with E-state index in [1.807, 2.05) is 26.8 Å². The number of anilines is 1. The fourth-order valence-corrected chi connectivity index (χ4v) is 2.66. The van der Waals surface area contributed by atoms with Crippen molar-refractivity contribution in [3.63, 3.8) is 0 Å². The van der Waals surface area contributed by atoms with Gasteiger partial charge in [-0.15, -0.1) is 0 Å². The largest absolute Gasteiger partial charge is 0.495 e. The van der Waals surface area contributed by atoms with Crippen molar-refractivity contribution >= 4 is 22.8 Å². The highest BCUT2D eigenvalue weighted by Gasteiger charge is 2.18. The second kappa shape index (κ2) is 9.94. The Labute approximate surface area is 171 Å². The lowest BCUT2D eigenvalue weighted by molar-refractivity contribution is 0.0493. The van der Waals surface area contributed by atoms with Crippen molar-refractivity contribution in [2.24, 2.45) is 0 Å². The summed E-state index contributed by atoms with van der Waals surface area (Å²) < 4.78 is 10.7. The number of nitrogen functional groups attached to an aromatic ring is 1. The number of amides is 1. The van der Waals surface area contributed by atoms with Crippen LogP contribution in [0.25, 0.3) is 10.9 Å². The van der Waals surface area contributed by atoms with Crippen LogP contribution in [0.3, 0.4) is 0 Å². The molecular weight excluding hydrogens is 370 g/mol. The lowest BCUT2D eigenvalue weighted by Crippen LogP contribution is -2.45. The molecule has 0 saturated heterocycles. The van der Waals surface area contributed by atoms with Crippen molar-refractivity contribution < 1.29 is 14.3 Å². The normalized spacial score (nSPS) is 12.0. The van der Waals surface area contributed by atoms with Gasteiger partial charge in [-0.3, -0.25) is 0 Å². The standard InChI is InChI=1S/C21H29N5O3/c1-21(2,3)29-20(27)26-18(23-4)10-8-6-7-9-14-11-16-15(12-17(14)28-5)19(22)25-13-24-16/h11-13,18,23H,6,8,10H2,1-5H3,(H,26,27)(H2,22,24,25). The summed E-state index contributed by atoms with van der Waals surface area (Å²) in [6.45, 7) is 5.49. The number of nitrogens with two attached hydrogens (primary N) is 1. The number of ether oxygens (including phenoxy) is 2. The van der Waals surface area contributed by atoms with E-state index in [0.717, 1.165) is 29.3 Å². The molecule has 2 aromatic rings. The number of benzene rings is 1. The minimum absolute atomic E-state index is 0.179. The molecule has 29 heavy (non-hydrogen) atoms. The van der Waals surface area contributed by atoms with Crippen LogP contribution < -0.4 is 21.1 Å². The SMILES string of the molecule is CNC(CCCC#Cc1cc2ncnc(N)c2cc1OC)NC(=O)OC(C)(C)C. The third-order valence-electron chi connectivity index (χ3n) is 4.04. The van der Waals surface area contributed by atoms with Crippen LogP contribution in [0.15, 0.2) is 18.5 Å². The smallest absolute Gasteiger partial charge is 0.408 e. The van der Waals surface area contributed by atoms with Crippen LogP contribution in [-0.4, -0.2) is 42.0 Å². The van der Waals surface area contributed by atoms with E-state index in [4.69, 9.17) is 15.2 Å². The summed E-state index contributed by atoms with van der Waals surface area (Å²) in [5, 5.41) is 6.61. The van der Waals surface area contributed by atoms with Gasteiger partial charge in [-0.1, -0.05) is 11.8 Å². The highest BCUT2D eigenvalue weighted by atomic mass is 16.6. The molecule has 0 saturated carbocycles. The predicted molar refractivity (Wildman–Crippen MR) is 113 cm³/mol. The zero-order valence-electron chi connectivity index (χ0n) is 17.6. The number of nitrogens with zero attached hydrogens (tertiary/aromatic N) is 2. The number of aromatic nitrogens is 2. The van der Waals surface area contributed by atoms with E-state index in [2.05, 4.69) is 32.4 Å². The summed E-state index contributed by atoms with van der Waals surface area (Å²) in [5.74, 6) is 7.32. The minimum Gasteiger partial charge on any atom is -0.495 e. The molecule has 0 aliphatic rings. The first-order valence-electron chi connectivity index (χ1n) is 9.47. The van der Waals surface area contributed by atoms with Crippen molar-refractivity contribution in [3.8, 4) is 17.6 Å². The van der Waals surface area contributed by atoms with Crippen LogP contribution in [0.2, 0.25) is 0 Å². The van der Waals surface area contributed by atoms with Crippen LogP contribution in [0.5, 0.6) is 5.75 Å². The van der Waals surface area contributed by atoms with Gasteiger partial charge in [0.15, 0.2) is 0 Å². The van der Waals surface area contributed by atoms with E-state index in [-0.39, 0.29) is 6.17 Å². The molecule has 2 rings (SSSR count). The van der Waals surface area contributed by atoms with Crippen LogP contribution in [-0.2, 0) is 4.74 Å². The second-order valence-electron chi connectivity index (χ2n) is 7.51. The number of methoxy groups -OCH3 is 1. The summed E-state index contributed by atoms with van der Waals surface area (Å²) in [6, 6.07) is 3.65. The van der Waals surface area contributed by atoms with E-state index in [9.17, 15) is 4.79 Å². The number of unbranched alkanes of at least 4 members (excludes halogenated alkanes) is 1. The van der Waals surface area contributed by atoms with Crippen LogP contribution >= 0.6 is 0 Å². The van der Waals surface area contributed by atoms with Gasteiger partial charge in [0.25, 0.3) is 0 Å². The summed E-state index contributed by atoms with van der Waals surface area (Å²) in [4.78, 5) is 20.1. The van der Waals surface area contributed by atoms with E-state index in [1.165, 1.54) is 6.33 Å². The topological polar surface area (TPSA) is 111 Å². The Bertz CT molecular complexity index is 912. The molecule has 0 aliphatic carbocycles. The van der Waals surface area contributed by atoms with Gasteiger partial charge in [-0.05, 0) is 52.8 Å². The number of nitrogens with one attached hydrogen (secondary N) is 2. The highest BCUT2D eigenvalue weighted by molar-refractivity contribution is 5.90. The Morgan fingerprint density at radius 1 is 1.31 bits per heavy atom. The van der Waals surface area contributed by atoms with Gasteiger partial charge < -0.3 is 25.8 Å². The van der Waals surface area contributed by atoms with Crippen molar-refractivity contribution in [2.45, 2.75) is 51.8 Å². The number of alkyl carbamates (subject to hydrolysis) is 1. The zero-order chi connectivity index (χ0) is 21.4. The monoisotopic (exact) mass is 399 g/mol. The quantitative estimate of drug-likeness (QED) is 0.389. The number of hydrogen-bond acceptors (Lipinski definition) is 7. The maximum absolute atomic E-state index is 11.9.